The largest absolute Gasteiger partial charge is 0.492 e. The Balaban J connectivity index is 1.85. The van der Waals surface area contributed by atoms with Crippen molar-refractivity contribution in [1.29, 1.82) is 0 Å². The second kappa shape index (κ2) is 8.69. The van der Waals surface area contributed by atoms with E-state index in [9.17, 15) is 18.0 Å². The average Bonchev–Trinajstić information content (AvgIpc) is 3.12. The molecule has 9 heteroatoms. The summed E-state index contributed by atoms with van der Waals surface area (Å²) < 4.78 is 45.5. The monoisotopic (exact) mass is 467 g/mol. The predicted molar refractivity (Wildman–Crippen MR) is 107 cm³/mol. The molecule has 1 N–H and O–H groups in total. The number of rotatable bonds is 6. The first kappa shape index (κ1) is 20.9. The third-order valence-corrected chi connectivity index (χ3v) is 4.47. The van der Waals surface area contributed by atoms with Crippen LogP contribution < -0.4 is 10.1 Å². The van der Waals surface area contributed by atoms with Crippen LogP contribution >= 0.6 is 15.9 Å². The molecule has 0 atom stereocenters. The summed E-state index contributed by atoms with van der Waals surface area (Å²) in [5.74, 6) is 0.115. The summed E-state index contributed by atoms with van der Waals surface area (Å²) in [5.41, 5.74) is 1.33. The zero-order valence-electron chi connectivity index (χ0n) is 15.3. The molecule has 1 aromatic heterocycles. The van der Waals surface area contributed by atoms with E-state index in [0.717, 1.165) is 35.5 Å². The highest BCUT2D eigenvalue weighted by molar-refractivity contribution is 9.09. The number of halogens is 4. The van der Waals surface area contributed by atoms with Gasteiger partial charge in [-0.25, -0.2) is 0 Å². The molecule has 0 saturated carbocycles. The van der Waals surface area contributed by atoms with Crippen LogP contribution in [0.1, 0.15) is 15.9 Å². The number of alkyl halides is 4. The quantitative estimate of drug-likeness (QED) is 0.511. The fourth-order valence-electron chi connectivity index (χ4n) is 2.73. The first-order valence-electron chi connectivity index (χ1n) is 8.59. The molecule has 1 heterocycles. The summed E-state index contributed by atoms with van der Waals surface area (Å²) >= 11 is 3.32. The Kier molecular flexibility index (Phi) is 6.26. The maximum atomic E-state index is 12.7. The van der Waals surface area contributed by atoms with E-state index in [1.54, 1.807) is 36.1 Å². The van der Waals surface area contributed by atoms with Crippen LogP contribution in [0.4, 0.5) is 18.9 Å². The highest BCUT2D eigenvalue weighted by Gasteiger charge is 2.30. The number of nitrogens with one attached hydrogen (secondary N) is 1. The number of ether oxygens (including phenoxy) is 1. The lowest BCUT2D eigenvalue weighted by Crippen LogP contribution is -2.13. The van der Waals surface area contributed by atoms with Crippen molar-refractivity contribution >= 4 is 27.5 Å². The van der Waals surface area contributed by atoms with Crippen molar-refractivity contribution in [3.05, 3.63) is 65.9 Å². The molecule has 1 amide bonds. The van der Waals surface area contributed by atoms with Crippen LogP contribution in [-0.4, -0.2) is 27.6 Å². The Hall–Kier alpha value is -2.81. The highest BCUT2D eigenvalue weighted by atomic mass is 79.9. The molecular weight excluding hydrogens is 451 g/mol. The van der Waals surface area contributed by atoms with Gasteiger partial charge in [-0.05, 0) is 48.5 Å². The highest BCUT2D eigenvalue weighted by Crippen LogP contribution is 2.33. The molecule has 0 fully saturated rings. The van der Waals surface area contributed by atoms with Crippen LogP contribution in [0.3, 0.4) is 0 Å². The first-order valence-corrected chi connectivity index (χ1v) is 9.71. The molecule has 0 aliphatic rings. The molecule has 29 heavy (non-hydrogen) atoms. The third-order valence-electron chi connectivity index (χ3n) is 4.14. The van der Waals surface area contributed by atoms with Crippen molar-refractivity contribution in [3.8, 4) is 17.0 Å². The summed E-state index contributed by atoms with van der Waals surface area (Å²) in [7, 11) is 1.79. The Morgan fingerprint density at radius 1 is 1.17 bits per heavy atom. The Labute approximate surface area is 173 Å². The molecule has 3 rings (SSSR count). The van der Waals surface area contributed by atoms with Gasteiger partial charge in [0.2, 0.25) is 0 Å². The van der Waals surface area contributed by atoms with E-state index in [1.165, 1.54) is 0 Å². The molecule has 0 spiro atoms. The molecule has 2 aromatic carbocycles. The molecule has 0 saturated heterocycles. The maximum absolute atomic E-state index is 12.7. The molecule has 0 bridgehead atoms. The van der Waals surface area contributed by atoms with Crippen LogP contribution in [0.15, 0.2) is 54.7 Å². The lowest BCUT2D eigenvalue weighted by molar-refractivity contribution is -0.137. The van der Waals surface area contributed by atoms with Crippen molar-refractivity contribution in [3.63, 3.8) is 0 Å². The molecule has 152 valence electrons. The van der Waals surface area contributed by atoms with Crippen LogP contribution in [-0.2, 0) is 13.2 Å². The standard InChI is InChI=1S/C20H17BrF3N3O2/c1-27-17(8-10-25-27)16-12-15(6-7-18(16)29-11-9-21)26-19(28)13-2-4-14(5-3-13)20(22,23)24/h2-8,10,12H,9,11H2,1H3,(H,26,28). The van der Waals surface area contributed by atoms with E-state index in [0.29, 0.717) is 23.4 Å². The molecule has 3 aromatic rings. The van der Waals surface area contributed by atoms with Crippen molar-refractivity contribution in [2.45, 2.75) is 6.18 Å². The van der Waals surface area contributed by atoms with Crippen molar-refractivity contribution in [1.82, 2.24) is 9.78 Å². The molecule has 0 radical (unpaired) electrons. The van der Waals surface area contributed by atoms with Gasteiger partial charge in [-0.3, -0.25) is 9.48 Å². The summed E-state index contributed by atoms with van der Waals surface area (Å²) in [6.45, 7) is 0.460. The number of hydrogen-bond donors (Lipinski definition) is 1. The third kappa shape index (κ3) is 4.97. The number of carbonyl (C=O) groups is 1. The summed E-state index contributed by atoms with van der Waals surface area (Å²) in [6.07, 6.45) is -2.80. The van der Waals surface area contributed by atoms with Crippen molar-refractivity contribution in [2.75, 3.05) is 17.3 Å². The fraction of sp³-hybridized carbons (Fsp3) is 0.200. The maximum Gasteiger partial charge on any atom is 0.416 e. The number of nitrogens with zero attached hydrogens (tertiary/aromatic N) is 2. The Bertz CT molecular complexity index is 1000. The fourth-order valence-corrected chi connectivity index (χ4v) is 2.90. The molecule has 0 aliphatic carbocycles. The number of benzene rings is 2. The summed E-state index contributed by atoms with van der Waals surface area (Å²) in [5, 5.41) is 7.52. The Morgan fingerprint density at radius 2 is 1.90 bits per heavy atom. The van der Waals surface area contributed by atoms with Gasteiger partial charge in [0.15, 0.2) is 0 Å². The van der Waals surface area contributed by atoms with E-state index in [-0.39, 0.29) is 5.56 Å². The van der Waals surface area contributed by atoms with Gasteiger partial charge in [0, 0.05) is 35.4 Å². The van der Waals surface area contributed by atoms with Crippen LogP contribution in [0.2, 0.25) is 0 Å². The van der Waals surface area contributed by atoms with Gasteiger partial charge in [0.25, 0.3) is 5.91 Å². The Morgan fingerprint density at radius 3 is 2.48 bits per heavy atom. The normalized spacial score (nSPS) is 11.3. The van der Waals surface area contributed by atoms with E-state index < -0.39 is 17.6 Å². The zero-order chi connectivity index (χ0) is 21.0. The van der Waals surface area contributed by atoms with Gasteiger partial charge in [-0.1, -0.05) is 15.9 Å². The SMILES string of the molecule is Cn1nccc1-c1cc(NC(=O)c2ccc(C(F)(F)F)cc2)ccc1OCCBr. The minimum absolute atomic E-state index is 0.125. The van der Waals surface area contributed by atoms with Crippen LogP contribution in [0.25, 0.3) is 11.3 Å². The number of anilines is 1. The van der Waals surface area contributed by atoms with Gasteiger partial charge in [-0.2, -0.15) is 18.3 Å². The average molecular weight is 468 g/mol. The van der Waals surface area contributed by atoms with Crippen LogP contribution in [0.5, 0.6) is 5.75 Å². The lowest BCUT2D eigenvalue weighted by atomic mass is 10.1. The van der Waals surface area contributed by atoms with Gasteiger partial charge >= 0.3 is 6.18 Å². The lowest BCUT2D eigenvalue weighted by Gasteiger charge is -2.14. The second-order valence-corrected chi connectivity index (χ2v) is 6.91. The van der Waals surface area contributed by atoms with Crippen molar-refractivity contribution in [2.24, 2.45) is 7.05 Å². The second-order valence-electron chi connectivity index (χ2n) is 6.12. The zero-order valence-corrected chi connectivity index (χ0v) is 16.9. The van der Waals surface area contributed by atoms with E-state index in [4.69, 9.17) is 4.74 Å². The topological polar surface area (TPSA) is 56.2 Å². The van der Waals surface area contributed by atoms with Crippen molar-refractivity contribution < 1.29 is 22.7 Å². The first-order chi connectivity index (χ1) is 13.8. The number of hydrogen-bond acceptors (Lipinski definition) is 3. The van der Waals surface area contributed by atoms with E-state index in [2.05, 4.69) is 26.3 Å². The smallest absolute Gasteiger partial charge is 0.416 e. The van der Waals surface area contributed by atoms with Gasteiger partial charge in [-0.15, -0.1) is 0 Å². The molecule has 0 unspecified atom stereocenters. The number of aromatic nitrogens is 2. The minimum atomic E-state index is -4.45. The van der Waals surface area contributed by atoms with Gasteiger partial charge in [0.05, 0.1) is 17.9 Å². The van der Waals surface area contributed by atoms with Gasteiger partial charge in [0.1, 0.15) is 5.75 Å². The number of aryl methyl sites for hydroxylation is 1. The van der Waals surface area contributed by atoms with E-state index in [1.807, 2.05) is 6.07 Å². The molecule has 5 nitrogen and oxygen atoms in total. The van der Waals surface area contributed by atoms with E-state index >= 15 is 0 Å². The summed E-state index contributed by atoms with van der Waals surface area (Å²) in [4.78, 5) is 12.4. The molecular formula is C20H17BrF3N3O2. The number of amides is 1. The van der Waals surface area contributed by atoms with Gasteiger partial charge < -0.3 is 10.1 Å². The van der Waals surface area contributed by atoms with Crippen LogP contribution in [0, 0.1) is 0 Å². The summed E-state index contributed by atoms with van der Waals surface area (Å²) in [6, 6.07) is 11.0. The minimum Gasteiger partial charge on any atom is -0.492 e. The molecule has 0 aliphatic heterocycles. The predicted octanol–water partition coefficient (Wildman–Crippen LogP) is 5.13. The number of carbonyl (C=O) groups excluding carboxylic acids is 1.